The van der Waals surface area contributed by atoms with Gasteiger partial charge in [-0.2, -0.15) is 0 Å². The van der Waals surface area contributed by atoms with E-state index in [1.165, 1.54) is 4.31 Å². The second-order valence-corrected chi connectivity index (χ2v) is 11.6. The van der Waals surface area contributed by atoms with E-state index in [0.29, 0.717) is 22.2 Å². The molecule has 0 saturated carbocycles. The number of nitrogens with zero attached hydrogens (tertiary/aromatic N) is 2. The molecular formula is C26H35Cl2N3O4S. The second kappa shape index (κ2) is 13.9. The molecule has 0 aliphatic heterocycles. The van der Waals surface area contributed by atoms with Crippen LogP contribution in [0, 0.1) is 0 Å². The highest BCUT2D eigenvalue weighted by Crippen LogP contribution is 2.22. The molecule has 36 heavy (non-hydrogen) atoms. The van der Waals surface area contributed by atoms with Crippen LogP contribution >= 0.6 is 23.2 Å². The first kappa shape index (κ1) is 29.9. The third-order valence-corrected chi connectivity index (χ3v) is 7.62. The van der Waals surface area contributed by atoms with Crippen molar-refractivity contribution in [3.8, 4) is 0 Å². The Morgan fingerprint density at radius 2 is 1.50 bits per heavy atom. The number of carbonyl (C=O) groups excluding carboxylic acids is 2. The molecule has 0 aromatic heterocycles. The van der Waals surface area contributed by atoms with Crippen molar-refractivity contribution < 1.29 is 18.0 Å². The molecule has 0 aliphatic rings. The van der Waals surface area contributed by atoms with E-state index in [9.17, 15) is 18.0 Å². The standard InChI is InChI=1S/C26H35Cl2N3O4S/c1-5-19(3)29-26(33)24(6-2)30(18-20-9-11-21(27)12-10-20)25(32)8-7-17-31(36(4,34)35)23-15-13-22(28)14-16-23/h9-16,19,24H,5-8,17-18H2,1-4H3,(H,29,33). The van der Waals surface area contributed by atoms with Crippen LogP contribution < -0.4 is 9.62 Å². The first-order valence-electron chi connectivity index (χ1n) is 12.0. The topological polar surface area (TPSA) is 86.8 Å². The summed E-state index contributed by atoms with van der Waals surface area (Å²) in [5.74, 6) is -0.422. The lowest BCUT2D eigenvalue weighted by Gasteiger charge is -2.32. The minimum absolute atomic E-state index is 0.0123. The molecule has 0 heterocycles. The van der Waals surface area contributed by atoms with E-state index in [1.807, 2.05) is 32.9 Å². The second-order valence-electron chi connectivity index (χ2n) is 8.81. The fourth-order valence-electron chi connectivity index (χ4n) is 3.76. The Morgan fingerprint density at radius 1 is 0.944 bits per heavy atom. The Kier molecular flexibility index (Phi) is 11.5. The van der Waals surface area contributed by atoms with Crippen molar-refractivity contribution in [3.05, 3.63) is 64.1 Å². The molecule has 0 bridgehead atoms. The zero-order valence-corrected chi connectivity index (χ0v) is 23.5. The summed E-state index contributed by atoms with van der Waals surface area (Å²) in [5.41, 5.74) is 1.33. The fraction of sp³-hybridized carbons (Fsp3) is 0.462. The molecule has 0 saturated heterocycles. The highest BCUT2D eigenvalue weighted by atomic mass is 35.5. The van der Waals surface area contributed by atoms with Gasteiger partial charge in [0.25, 0.3) is 0 Å². The van der Waals surface area contributed by atoms with E-state index in [0.717, 1.165) is 18.2 Å². The molecular weight excluding hydrogens is 521 g/mol. The summed E-state index contributed by atoms with van der Waals surface area (Å²) in [4.78, 5) is 28.0. The van der Waals surface area contributed by atoms with Gasteiger partial charge in [0.05, 0.1) is 11.9 Å². The van der Waals surface area contributed by atoms with Crippen molar-refractivity contribution in [1.82, 2.24) is 10.2 Å². The van der Waals surface area contributed by atoms with Gasteiger partial charge in [-0.3, -0.25) is 13.9 Å². The smallest absolute Gasteiger partial charge is 0.243 e. The Labute approximate surface area is 224 Å². The SMILES string of the molecule is CCC(C)NC(=O)C(CC)N(Cc1ccc(Cl)cc1)C(=O)CCCN(c1ccc(Cl)cc1)S(C)(=O)=O. The van der Waals surface area contributed by atoms with Gasteiger partial charge in [0.1, 0.15) is 6.04 Å². The van der Waals surface area contributed by atoms with Gasteiger partial charge >= 0.3 is 0 Å². The molecule has 2 amide bonds. The molecule has 198 valence electrons. The van der Waals surface area contributed by atoms with Crippen LogP contribution in [-0.2, 0) is 26.2 Å². The van der Waals surface area contributed by atoms with Crippen LogP contribution in [0.1, 0.15) is 52.0 Å². The molecule has 0 aliphatic carbocycles. The number of carbonyl (C=O) groups is 2. The van der Waals surface area contributed by atoms with Gasteiger partial charge < -0.3 is 10.2 Å². The van der Waals surface area contributed by atoms with Crippen molar-refractivity contribution in [3.63, 3.8) is 0 Å². The van der Waals surface area contributed by atoms with Gasteiger partial charge in [-0.25, -0.2) is 8.42 Å². The number of hydrogen-bond donors (Lipinski definition) is 1. The van der Waals surface area contributed by atoms with E-state index >= 15 is 0 Å². The maximum Gasteiger partial charge on any atom is 0.243 e. The van der Waals surface area contributed by atoms with Gasteiger partial charge in [0.2, 0.25) is 21.8 Å². The maximum absolute atomic E-state index is 13.4. The van der Waals surface area contributed by atoms with Crippen LogP contribution in [-0.4, -0.2) is 50.0 Å². The molecule has 2 rings (SSSR count). The molecule has 7 nitrogen and oxygen atoms in total. The number of halogens is 2. The number of sulfonamides is 1. The van der Waals surface area contributed by atoms with Crippen LogP contribution in [0.4, 0.5) is 5.69 Å². The summed E-state index contributed by atoms with van der Waals surface area (Å²) in [7, 11) is -3.56. The molecule has 0 fully saturated rings. The van der Waals surface area contributed by atoms with E-state index in [1.54, 1.807) is 41.3 Å². The van der Waals surface area contributed by atoms with Crippen molar-refractivity contribution >= 4 is 50.7 Å². The van der Waals surface area contributed by atoms with Crippen molar-refractivity contribution in [2.75, 3.05) is 17.1 Å². The number of anilines is 1. The highest BCUT2D eigenvalue weighted by molar-refractivity contribution is 7.92. The molecule has 2 aromatic carbocycles. The molecule has 0 radical (unpaired) electrons. The Hall–Kier alpha value is -2.29. The lowest BCUT2D eigenvalue weighted by molar-refractivity contribution is -0.141. The maximum atomic E-state index is 13.4. The number of hydrogen-bond acceptors (Lipinski definition) is 4. The van der Waals surface area contributed by atoms with Gasteiger partial charge in [-0.1, -0.05) is 49.2 Å². The summed E-state index contributed by atoms with van der Waals surface area (Å²) in [6.07, 6.45) is 2.72. The fourth-order valence-corrected chi connectivity index (χ4v) is 4.98. The van der Waals surface area contributed by atoms with E-state index in [-0.39, 0.29) is 43.8 Å². The minimum atomic E-state index is -3.56. The van der Waals surface area contributed by atoms with Gasteiger partial charge in [-0.05, 0) is 68.1 Å². The summed E-state index contributed by atoms with van der Waals surface area (Å²) in [6, 6.07) is 13.0. The summed E-state index contributed by atoms with van der Waals surface area (Å²) in [6.45, 7) is 6.14. The quantitative estimate of drug-likeness (QED) is 0.365. The van der Waals surface area contributed by atoms with Crippen LogP contribution in [0.5, 0.6) is 0 Å². The van der Waals surface area contributed by atoms with Crippen LogP contribution in [0.15, 0.2) is 48.5 Å². The zero-order chi connectivity index (χ0) is 26.9. The van der Waals surface area contributed by atoms with Gasteiger partial charge in [-0.15, -0.1) is 0 Å². The van der Waals surface area contributed by atoms with E-state index in [4.69, 9.17) is 23.2 Å². The third kappa shape index (κ3) is 8.98. The zero-order valence-electron chi connectivity index (χ0n) is 21.2. The minimum Gasteiger partial charge on any atom is -0.352 e. The normalized spacial score (nSPS) is 13.1. The lowest BCUT2D eigenvalue weighted by Crippen LogP contribution is -2.50. The number of rotatable bonds is 13. The van der Waals surface area contributed by atoms with Crippen molar-refractivity contribution in [2.45, 2.75) is 65.1 Å². The molecule has 2 unspecified atom stereocenters. The molecule has 2 aromatic rings. The van der Waals surface area contributed by atoms with Crippen LogP contribution in [0.25, 0.3) is 0 Å². The first-order valence-corrected chi connectivity index (χ1v) is 14.6. The Morgan fingerprint density at radius 3 is 2.00 bits per heavy atom. The molecule has 10 heteroatoms. The largest absolute Gasteiger partial charge is 0.352 e. The Bertz CT molecular complexity index is 1110. The molecule has 2 atom stereocenters. The Balaban J connectivity index is 2.21. The van der Waals surface area contributed by atoms with Gasteiger partial charge in [0, 0.05) is 35.6 Å². The number of benzene rings is 2. The lowest BCUT2D eigenvalue weighted by atomic mass is 10.1. The molecule has 1 N–H and O–H groups in total. The average molecular weight is 557 g/mol. The monoisotopic (exact) mass is 555 g/mol. The molecule has 0 spiro atoms. The predicted octanol–water partition coefficient (Wildman–Crippen LogP) is 5.26. The van der Waals surface area contributed by atoms with Gasteiger partial charge in [0.15, 0.2) is 0 Å². The third-order valence-electron chi connectivity index (χ3n) is 5.92. The van der Waals surface area contributed by atoms with E-state index in [2.05, 4.69) is 5.32 Å². The number of nitrogens with one attached hydrogen (secondary N) is 1. The van der Waals surface area contributed by atoms with Crippen molar-refractivity contribution in [2.24, 2.45) is 0 Å². The highest BCUT2D eigenvalue weighted by Gasteiger charge is 2.29. The van der Waals surface area contributed by atoms with Crippen LogP contribution in [0.2, 0.25) is 10.0 Å². The predicted molar refractivity (Wildman–Crippen MR) is 147 cm³/mol. The number of amides is 2. The van der Waals surface area contributed by atoms with E-state index < -0.39 is 16.1 Å². The summed E-state index contributed by atoms with van der Waals surface area (Å²) in [5, 5.41) is 4.06. The van der Waals surface area contributed by atoms with Crippen LogP contribution in [0.3, 0.4) is 0 Å². The summed E-state index contributed by atoms with van der Waals surface area (Å²) >= 11 is 12.0. The summed E-state index contributed by atoms with van der Waals surface area (Å²) < 4.78 is 26.1. The average Bonchev–Trinajstić information content (AvgIpc) is 2.82. The first-order chi connectivity index (χ1) is 17.0. The van der Waals surface area contributed by atoms with Crippen molar-refractivity contribution in [1.29, 1.82) is 0 Å².